The van der Waals surface area contributed by atoms with Crippen LogP contribution in [0.25, 0.3) is 0 Å². The van der Waals surface area contributed by atoms with Gasteiger partial charge in [0.05, 0.1) is 0 Å². The van der Waals surface area contributed by atoms with Gasteiger partial charge in [0.1, 0.15) is 11.5 Å². The van der Waals surface area contributed by atoms with Crippen molar-refractivity contribution in [2.75, 3.05) is 0 Å². The molecule has 148 valence electrons. The summed E-state index contributed by atoms with van der Waals surface area (Å²) in [7, 11) is 0. The normalized spacial score (nSPS) is 17.3. The Morgan fingerprint density at radius 1 is 1.00 bits per heavy atom. The van der Waals surface area contributed by atoms with Gasteiger partial charge in [-0.1, -0.05) is 76.2 Å². The quantitative estimate of drug-likeness (QED) is 0.317. The summed E-state index contributed by atoms with van der Waals surface area (Å²) in [5.74, 6) is 0.134. The van der Waals surface area contributed by atoms with Gasteiger partial charge in [-0.15, -0.1) is 0 Å². The van der Waals surface area contributed by atoms with Crippen LogP contribution in [-0.2, 0) is 15.6 Å². The molecule has 0 saturated carbocycles. The summed E-state index contributed by atoms with van der Waals surface area (Å²) in [4.78, 5) is 12.5. The monoisotopic (exact) mass is 442 g/mol. The number of phenolic OH excluding ortho intramolecular Hbond substituents is 1. The maximum absolute atomic E-state index is 12.5. The van der Waals surface area contributed by atoms with E-state index in [1.54, 1.807) is 6.07 Å². The van der Waals surface area contributed by atoms with E-state index in [-0.39, 0.29) is 16.7 Å². The van der Waals surface area contributed by atoms with Crippen molar-refractivity contribution in [3.8, 4) is 11.5 Å². The fourth-order valence-corrected chi connectivity index (χ4v) is 4.04. The van der Waals surface area contributed by atoms with Crippen LogP contribution in [0.2, 0.25) is 0 Å². The summed E-state index contributed by atoms with van der Waals surface area (Å²) in [6.07, 6.45) is 0. The van der Waals surface area contributed by atoms with Crippen molar-refractivity contribution in [3.63, 3.8) is 0 Å². The van der Waals surface area contributed by atoms with Gasteiger partial charge >= 0.3 is 5.97 Å². The minimum atomic E-state index is -0.414. The van der Waals surface area contributed by atoms with Crippen LogP contribution in [0, 0.1) is 0 Å². The van der Waals surface area contributed by atoms with Crippen molar-refractivity contribution >= 4 is 21.9 Å². The van der Waals surface area contributed by atoms with Crippen LogP contribution in [-0.4, -0.2) is 11.1 Å². The summed E-state index contributed by atoms with van der Waals surface area (Å²) >= 11 is 3.52. The van der Waals surface area contributed by atoms with Crippen LogP contribution >= 0.6 is 15.9 Å². The summed E-state index contributed by atoms with van der Waals surface area (Å²) in [6, 6.07) is 9.63. The number of esters is 1. The fraction of sp³-hybridized carbons (Fsp3) is 0.375. The third kappa shape index (κ3) is 3.62. The molecule has 0 amide bonds. The van der Waals surface area contributed by atoms with E-state index in [4.69, 9.17) is 4.74 Å². The molecule has 2 aromatic carbocycles. The van der Waals surface area contributed by atoms with E-state index >= 15 is 0 Å². The van der Waals surface area contributed by atoms with Gasteiger partial charge < -0.3 is 9.84 Å². The average Bonchev–Trinajstić information content (AvgIpc) is 2.55. The van der Waals surface area contributed by atoms with E-state index in [1.165, 1.54) is 0 Å². The average molecular weight is 443 g/mol. The lowest BCUT2D eigenvalue weighted by molar-refractivity contribution is -0.131. The fourth-order valence-electron chi connectivity index (χ4n) is 3.66. The van der Waals surface area contributed by atoms with Gasteiger partial charge in [-0.2, -0.15) is 0 Å². The van der Waals surface area contributed by atoms with E-state index in [0.717, 1.165) is 26.7 Å². The molecule has 1 heterocycles. The number of fused-ring (bicyclic) bond motifs is 1. The maximum atomic E-state index is 12.5. The van der Waals surface area contributed by atoms with Crippen molar-refractivity contribution in [1.29, 1.82) is 0 Å². The number of halogens is 1. The van der Waals surface area contributed by atoms with E-state index in [0.29, 0.717) is 17.1 Å². The van der Waals surface area contributed by atoms with E-state index < -0.39 is 5.97 Å². The van der Waals surface area contributed by atoms with Crippen LogP contribution in [0.5, 0.6) is 11.5 Å². The van der Waals surface area contributed by atoms with Crippen LogP contribution in [0.4, 0.5) is 0 Å². The highest BCUT2D eigenvalue weighted by Crippen LogP contribution is 2.47. The lowest BCUT2D eigenvalue weighted by Crippen LogP contribution is -2.25. The topological polar surface area (TPSA) is 46.5 Å². The van der Waals surface area contributed by atoms with E-state index in [1.807, 2.05) is 24.3 Å². The summed E-state index contributed by atoms with van der Waals surface area (Å²) < 4.78 is 6.37. The van der Waals surface area contributed by atoms with Gasteiger partial charge in [0, 0.05) is 21.5 Å². The maximum Gasteiger partial charge on any atom is 0.339 e. The van der Waals surface area contributed by atoms with Gasteiger partial charge in [-0.3, -0.25) is 0 Å². The second-order valence-corrected chi connectivity index (χ2v) is 10.4. The van der Waals surface area contributed by atoms with Crippen LogP contribution < -0.4 is 4.74 Å². The SMILES string of the molecule is C=C1C(=O)Oc2ccc(Br)cc2[C@@H]1c1cc(C(C)(C)C)c(O)c(C(C)(C)C)c1. The van der Waals surface area contributed by atoms with Gasteiger partial charge in [0.15, 0.2) is 0 Å². The van der Waals surface area contributed by atoms with Crippen LogP contribution in [0.3, 0.4) is 0 Å². The first-order valence-electron chi connectivity index (χ1n) is 9.39. The van der Waals surface area contributed by atoms with Gasteiger partial charge in [0.25, 0.3) is 0 Å². The summed E-state index contributed by atoms with van der Waals surface area (Å²) in [5, 5.41) is 11.0. The highest BCUT2D eigenvalue weighted by molar-refractivity contribution is 9.10. The molecule has 0 aliphatic carbocycles. The number of benzene rings is 2. The highest BCUT2D eigenvalue weighted by atomic mass is 79.9. The molecule has 28 heavy (non-hydrogen) atoms. The molecule has 0 unspecified atom stereocenters. The lowest BCUT2D eigenvalue weighted by atomic mass is 9.74. The number of phenols is 1. The zero-order valence-electron chi connectivity index (χ0n) is 17.3. The minimum Gasteiger partial charge on any atom is -0.507 e. The predicted octanol–water partition coefficient (Wildman–Crippen LogP) is 6.36. The standard InChI is InChI=1S/C24H27BrO3/c1-13-20(16-12-15(25)8-9-19(16)28-22(13)27)14-10-17(23(2,3)4)21(26)18(11-14)24(5,6)7/h8-12,20,26H,1H2,2-7H3/t20-/m0/s1. The molecule has 0 saturated heterocycles. The number of hydrogen-bond donors (Lipinski definition) is 1. The van der Waals surface area contributed by atoms with Gasteiger partial charge in [-0.25, -0.2) is 4.79 Å². The lowest BCUT2D eigenvalue weighted by Gasteiger charge is -2.32. The molecule has 0 fully saturated rings. The molecule has 0 radical (unpaired) electrons. The van der Waals surface area contributed by atoms with E-state index in [9.17, 15) is 9.90 Å². The molecule has 0 spiro atoms. The summed E-state index contributed by atoms with van der Waals surface area (Å²) in [5.41, 5.74) is 3.44. The molecular weight excluding hydrogens is 416 g/mol. The zero-order chi connectivity index (χ0) is 21.0. The Bertz CT molecular complexity index is 939. The predicted molar refractivity (Wildman–Crippen MR) is 116 cm³/mol. The molecule has 1 aliphatic heterocycles. The second-order valence-electron chi connectivity index (χ2n) is 9.49. The Labute approximate surface area is 175 Å². The molecule has 3 nitrogen and oxygen atoms in total. The molecule has 0 aromatic heterocycles. The highest BCUT2D eigenvalue weighted by Gasteiger charge is 2.35. The minimum absolute atomic E-state index is 0.253. The Kier molecular flexibility index (Phi) is 4.99. The second kappa shape index (κ2) is 6.77. The van der Waals surface area contributed by atoms with Gasteiger partial charge in [0.2, 0.25) is 0 Å². The molecular formula is C24H27BrO3. The first kappa shape index (κ1) is 20.7. The molecule has 0 bridgehead atoms. The van der Waals surface area contributed by atoms with Crippen LogP contribution in [0.15, 0.2) is 47.0 Å². The Morgan fingerprint density at radius 2 is 1.54 bits per heavy atom. The smallest absolute Gasteiger partial charge is 0.339 e. The molecule has 1 N–H and O–H groups in total. The number of carbonyl (C=O) groups excluding carboxylic acids is 1. The molecule has 1 aliphatic rings. The molecule has 4 heteroatoms. The largest absolute Gasteiger partial charge is 0.507 e. The number of hydrogen-bond acceptors (Lipinski definition) is 3. The Hall–Kier alpha value is -2.07. The van der Waals surface area contributed by atoms with Gasteiger partial charge in [-0.05, 0) is 45.7 Å². The molecule has 2 aromatic rings. The van der Waals surface area contributed by atoms with Crippen molar-refractivity contribution in [1.82, 2.24) is 0 Å². The number of carbonyl (C=O) groups is 1. The Balaban J connectivity index is 2.33. The molecule has 1 atom stereocenters. The Morgan fingerprint density at radius 3 is 2.04 bits per heavy atom. The first-order chi connectivity index (χ1) is 12.8. The third-order valence-electron chi connectivity index (χ3n) is 5.18. The first-order valence-corrected chi connectivity index (χ1v) is 10.2. The van der Waals surface area contributed by atoms with Crippen molar-refractivity contribution in [3.05, 3.63) is 69.2 Å². The van der Waals surface area contributed by atoms with E-state index in [2.05, 4.69) is 64.1 Å². The zero-order valence-corrected chi connectivity index (χ0v) is 18.9. The van der Waals surface area contributed by atoms with Crippen molar-refractivity contribution < 1.29 is 14.6 Å². The van der Waals surface area contributed by atoms with Crippen molar-refractivity contribution in [2.24, 2.45) is 0 Å². The number of rotatable bonds is 1. The van der Waals surface area contributed by atoms with Crippen molar-refractivity contribution in [2.45, 2.75) is 58.3 Å². The summed E-state index contributed by atoms with van der Waals surface area (Å²) in [6.45, 7) is 16.5. The van der Waals surface area contributed by atoms with Crippen LogP contribution in [0.1, 0.15) is 69.7 Å². The number of ether oxygens (including phenoxy) is 1. The molecule has 3 rings (SSSR count). The number of aromatic hydroxyl groups is 1. The third-order valence-corrected chi connectivity index (χ3v) is 5.67.